The maximum absolute atomic E-state index is 5.35. The first-order valence-electron chi connectivity index (χ1n) is 6.05. The van der Waals surface area contributed by atoms with Crippen LogP contribution >= 0.6 is 0 Å². The highest BCUT2D eigenvalue weighted by Crippen LogP contribution is 2.23. The third-order valence-electron chi connectivity index (χ3n) is 3.20. The first-order valence-corrected chi connectivity index (χ1v) is 6.05. The van der Waals surface area contributed by atoms with Gasteiger partial charge >= 0.3 is 0 Å². The largest absolute Gasteiger partial charge is 0.497 e. The summed E-state index contributed by atoms with van der Waals surface area (Å²) in [5, 5.41) is 0. The van der Waals surface area contributed by atoms with Crippen LogP contribution in [0.5, 0.6) is 5.75 Å². The van der Waals surface area contributed by atoms with Gasteiger partial charge in [-0.1, -0.05) is 0 Å². The molecule has 0 aromatic heterocycles. The van der Waals surface area contributed by atoms with Crippen molar-refractivity contribution in [3.63, 3.8) is 0 Å². The van der Waals surface area contributed by atoms with Crippen molar-refractivity contribution in [2.75, 3.05) is 14.2 Å². The molecule has 1 aromatic rings. The second kappa shape index (κ2) is 5.82. The molecule has 1 aliphatic carbocycles. The fourth-order valence-electron chi connectivity index (χ4n) is 2.11. The van der Waals surface area contributed by atoms with Gasteiger partial charge in [-0.05, 0) is 49.9 Å². The Morgan fingerprint density at radius 2 is 1.71 bits per heavy atom. The second-order valence-corrected chi connectivity index (χ2v) is 4.31. The molecule has 1 aromatic carbocycles. The summed E-state index contributed by atoms with van der Waals surface area (Å²) in [6.45, 7) is 0. The van der Waals surface area contributed by atoms with Crippen molar-refractivity contribution in [1.29, 1.82) is 0 Å². The summed E-state index contributed by atoms with van der Waals surface area (Å²) in [4.78, 5) is 4.67. The van der Waals surface area contributed by atoms with Crippen molar-refractivity contribution in [2.45, 2.75) is 31.8 Å². The van der Waals surface area contributed by atoms with E-state index in [1.165, 1.54) is 5.71 Å². The second-order valence-electron chi connectivity index (χ2n) is 4.31. The van der Waals surface area contributed by atoms with E-state index < -0.39 is 0 Å². The molecule has 0 saturated heterocycles. The van der Waals surface area contributed by atoms with Crippen molar-refractivity contribution < 1.29 is 9.47 Å². The monoisotopic (exact) mass is 233 g/mol. The predicted octanol–water partition coefficient (Wildman–Crippen LogP) is 3.36. The third kappa shape index (κ3) is 3.30. The van der Waals surface area contributed by atoms with Gasteiger partial charge in [0, 0.05) is 12.8 Å². The number of nitrogens with zero attached hydrogens (tertiary/aromatic N) is 1. The van der Waals surface area contributed by atoms with Crippen LogP contribution in [0.2, 0.25) is 0 Å². The van der Waals surface area contributed by atoms with Gasteiger partial charge in [0.15, 0.2) is 0 Å². The number of benzene rings is 1. The number of methoxy groups -OCH3 is 2. The summed E-state index contributed by atoms with van der Waals surface area (Å²) in [5.74, 6) is 0.872. The zero-order chi connectivity index (χ0) is 12.1. The van der Waals surface area contributed by atoms with Crippen molar-refractivity contribution >= 4 is 11.4 Å². The minimum absolute atomic E-state index is 0.421. The normalized spacial score (nSPS) is 20.1. The van der Waals surface area contributed by atoms with Gasteiger partial charge in [-0.15, -0.1) is 0 Å². The lowest BCUT2D eigenvalue weighted by Crippen LogP contribution is -2.19. The fourth-order valence-corrected chi connectivity index (χ4v) is 2.11. The zero-order valence-corrected chi connectivity index (χ0v) is 10.5. The average molecular weight is 233 g/mol. The molecule has 0 atom stereocenters. The highest BCUT2D eigenvalue weighted by molar-refractivity contribution is 5.87. The summed E-state index contributed by atoms with van der Waals surface area (Å²) in [6.07, 6.45) is 4.69. The predicted molar refractivity (Wildman–Crippen MR) is 69.4 cm³/mol. The van der Waals surface area contributed by atoms with E-state index >= 15 is 0 Å². The highest BCUT2D eigenvalue weighted by atomic mass is 16.5. The van der Waals surface area contributed by atoms with Gasteiger partial charge < -0.3 is 9.47 Å². The molecule has 0 N–H and O–H groups in total. The van der Waals surface area contributed by atoms with Crippen LogP contribution < -0.4 is 4.74 Å². The SMILES string of the molecule is COc1ccc(N=C2CCC(OC)CC2)cc1. The number of hydrogen-bond donors (Lipinski definition) is 0. The van der Waals surface area contributed by atoms with Gasteiger partial charge in [0.05, 0.1) is 18.9 Å². The van der Waals surface area contributed by atoms with Crippen molar-refractivity contribution in [1.82, 2.24) is 0 Å². The molecule has 0 bridgehead atoms. The van der Waals surface area contributed by atoms with E-state index in [4.69, 9.17) is 9.47 Å². The molecule has 92 valence electrons. The standard InChI is InChI=1S/C14H19NO2/c1-16-13-7-3-11(4-8-13)15-12-5-9-14(17-2)10-6-12/h3-4,7-8,14H,5-6,9-10H2,1-2H3. The fraction of sp³-hybridized carbons (Fsp3) is 0.500. The first kappa shape index (κ1) is 12.1. The molecule has 0 spiro atoms. The number of hydrogen-bond acceptors (Lipinski definition) is 3. The molecule has 1 saturated carbocycles. The Balaban J connectivity index is 1.99. The van der Waals surface area contributed by atoms with Gasteiger partial charge in [-0.3, -0.25) is 4.99 Å². The van der Waals surface area contributed by atoms with E-state index in [-0.39, 0.29) is 0 Å². The molecular formula is C14H19NO2. The Morgan fingerprint density at radius 1 is 1.06 bits per heavy atom. The summed E-state index contributed by atoms with van der Waals surface area (Å²) in [5.41, 5.74) is 2.29. The van der Waals surface area contributed by atoms with Crippen molar-refractivity contribution in [2.24, 2.45) is 4.99 Å². The smallest absolute Gasteiger partial charge is 0.119 e. The Bertz CT molecular complexity index is 374. The van der Waals surface area contributed by atoms with Crippen molar-refractivity contribution in [3.05, 3.63) is 24.3 Å². The minimum Gasteiger partial charge on any atom is -0.497 e. The Labute approximate surface area is 102 Å². The maximum atomic E-state index is 5.35. The third-order valence-corrected chi connectivity index (χ3v) is 3.20. The van der Waals surface area contributed by atoms with Crippen LogP contribution in [0, 0.1) is 0 Å². The Morgan fingerprint density at radius 3 is 2.24 bits per heavy atom. The maximum Gasteiger partial charge on any atom is 0.119 e. The Kier molecular flexibility index (Phi) is 4.15. The number of rotatable bonds is 3. The van der Waals surface area contributed by atoms with E-state index in [1.807, 2.05) is 24.3 Å². The summed E-state index contributed by atoms with van der Waals surface area (Å²) in [7, 11) is 3.46. The lowest BCUT2D eigenvalue weighted by molar-refractivity contribution is 0.0863. The molecular weight excluding hydrogens is 214 g/mol. The molecule has 0 amide bonds. The van der Waals surface area contributed by atoms with Crippen LogP contribution in [0.15, 0.2) is 29.3 Å². The lowest BCUT2D eigenvalue weighted by Gasteiger charge is -2.21. The minimum atomic E-state index is 0.421. The molecule has 17 heavy (non-hydrogen) atoms. The molecule has 1 fully saturated rings. The lowest BCUT2D eigenvalue weighted by atomic mass is 9.95. The summed E-state index contributed by atoms with van der Waals surface area (Å²) in [6, 6.07) is 7.88. The number of aliphatic imine (C=N–C) groups is 1. The summed E-state index contributed by atoms with van der Waals surface area (Å²) < 4.78 is 10.5. The van der Waals surface area contributed by atoms with Crippen LogP contribution in [0.25, 0.3) is 0 Å². The molecule has 0 radical (unpaired) electrons. The van der Waals surface area contributed by atoms with Crippen LogP contribution in [0.3, 0.4) is 0 Å². The van der Waals surface area contributed by atoms with Crippen LogP contribution in [0.1, 0.15) is 25.7 Å². The van der Waals surface area contributed by atoms with Gasteiger partial charge in [-0.25, -0.2) is 0 Å². The molecule has 3 heteroatoms. The molecule has 0 heterocycles. The highest BCUT2D eigenvalue weighted by Gasteiger charge is 2.16. The topological polar surface area (TPSA) is 30.8 Å². The average Bonchev–Trinajstić information content (AvgIpc) is 2.40. The van der Waals surface area contributed by atoms with E-state index in [0.717, 1.165) is 37.1 Å². The number of ether oxygens (including phenoxy) is 2. The van der Waals surface area contributed by atoms with Gasteiger partial charge in [0.2, 0.25) is 0 Å². The van der Waals surface area contributed by atoms with E-state index in [1.54, 1.807) is 14.2 Å². The van der Waals surface area contributed by atoms with Crippen LogP contribution in [-0.2, 0) is 4.74 Å². The van der Waals surface area contributed by atoms with Crippen molar-refractivity contribution in [3.8, 4) is 5.75 Å². The molecule has 2 rings (SSSR count). The van der Waals surface area contributed by atoms with E-state index in [2.05, 4.69) is 4.99 Å². The molecule has 0 aliphatic heterocycles. The first-order chi connectivity index (χ1) is 8.31. The molecule has 1 aliphatic rings. The quantitative estimate of drug-likeness (QED) is 0.801. The molecule has 3 nitrogen and oxygen atoms in total. The van der Waals surface area contributed by atoms with Gasteiger partial charge in [-0.2, -0.15) is 0 Å². The van der Waals surface area contributed by atoms with Crippen LogP contribution in [0.4, 0.5) is 5.69 Å². The van der Waals surface area contributed by atoms with Gasteiger partial charge in [0.1, 0.15) is 5.75 Å². The zero-order valence-electron chi connectivity index (χ0n) is 10.5. The van der Waals surface area contributed by atoms with E-state index in [0.29, 0.717) is 6.10 Å². The Hall–Kier alpha value is -1.35. The van der Waals surface area contributed by atoms with E-state index in [9.17, 15) is 0 Å². The van der Waals surface area contributed by atoms with Gasteiger partial charge in [0.25, 0.3) is 0 Å². The van der Waals surface area contributed by atoms with Crippen LogP contribution in [-0.4, -0.2) is 26.0 Å². The molecule has 0 unspecified atom stereocenters. The summed E-state index contributed by atoms with van der Waals surface area (Å²) >= 11 is 0.